The predicted octanol–water partition coefficient (Wildman–Crippen LogP) is 7.00. The molecule has 35 heavy (non-hydrogen) atoms. The molecule has 3 heterocycles. The van der Waals surface area contributed by atoms with E-state index in [1.54, 1.807) is 12.3 Å². The monoisotopic (exact) mass is 643 g/mol. The van der Waals surface area contributed by atoms with E-state index in [0.29, 0.717) is 5.69 Å². The largest absolute Gasteiger partial charge is 3.00 e. The van der Waals surface area contributed by atoms with Crippen LogP contribution in [0.5, 0.6) is 0 Å². The summed E-state index contributed by atoms with van der Waals surface area (Å²) in [7, 11) is 0. The second-order valence-corrected chi connectivity index (χ2v) is 8.21. The molecule has 3 aromatic carbocycles. The fourth-order valence-electron chi connectivity index (χ4n) is 4.26. The maximum atomic E-state index is 13.8. The maximum absolute atomic E-state index is 13.8. The Morgan fingerprint density at radius 3 is 2.66 bits per heavy atom. The van der Waals surface area contributed by atoms with E-state index in [9.17, 15) is 8.78 Å². The third kappa shape index (κ3) is 5.34. The molecule has 0 radical (unpaired) electrons. The maximum Gasteiger partial charge on any atom is 3.00 e. The quantitative estimate of drug-likeness (QED) is 0.221. The Labute approximate surface area is 217 Å². The van der Waals surface area contributed by atoms with Crippen molar-refractivity contribution in [1.29, 1.82) is 0 Å². The molecule has 2 aliphatic heterocycles. The zero-order valence-corrected chi connectivity index (χ0v) is 21.4. The summed E-state index contributed by atoms with van der Waals surface area (Å²) in [5.74, 6) is -1.30. The molecule has 1 aromatic heterocycles. The van der Waals surface area contributed by atoms with Crippen LogP contribution in [-0.4, -0.2) is 16.4 Å². The second kappa shape index (κ2) is 10.9. The van der Waals surface area contributed by atoms with Crippen LogP contribution in [0.15, 0.2) is 85.3 Å². The Hall–Kier alpha value is -3.34. The van der Waals surface area contributed by atoms with E-state index in [4.69, 9.17) is 0 Å². The molecule has 0 saturated heterocycles. The van der Waals surface area contributed by atoms with Gasteiger partial charge in [-0.1, -0.05) is 54.4 Å². The Morgan fingerprint density at radius 2 is 1.89 bits per heavy atom. The zero-order valence-electron chi connectivity index (χ0n) is 19.0. The average molecular weight is 643 g/mol. The van der Waals surface area contributed by atoms with Gasteiger partial charge in [0, 0.05) is 29.9 Å². The van der Waals surface area contributed by atoms with E-state index in [2.05, 4.69) is 45.7 Å². The molecule has 6 rings (SSSR count). The summed E-state index contributed by atoms with van der Waals surface area (Å²) >= 11 is 0. The standard InChI is InChI=1S/C18H12F2N.C11H10N2.Ir/c1-12-9-18(15-8-7-14(19)10-17(15)20)21-11-16(12)13-5-3-2-4-6-13;1-2-4-10-9(3-1)5-7-13-8-6-12-11(10)13;/h2-7,9-11H,1H3;1-3,6,8,11H,5,7H2;/q-1;-2;+3. The molecule has 0 amide bonds. The van der Waals surface area contributed by atoms with E-state index in [0.717, 1.165) is 41.8 Å². The molecular weight excluding hydrogens is 621 g/mol. The van der Waals surface area contributed by atoms with Crippen LogP contribution >= 0.6 is 0 Å². The normalized spacial score (nSPS) is 15.2. The minimum Gasteiger partial charge on any atom is -0.668 e. The minimum atomic E-state index is -0.658. The van der Waals surface area contributed by atoms with Crippen molar-refractivity contribution in [3.05, 3.63) is 131 Å². The summed E-state index contributed by atoms with van der Waals surface area (Å²) in [6, 6.07) is 25.7. The summed E-state index contributed by atoms with van der Waals surface area (Å²) < 4.78 is 26.7. The molecule has 3 nitrogen and oxygen atoms in total. The van der Waals surface area contributed by atoms with Crippen molar-refractivity contribution in [2.75, 3.05) is 6.54 Å². The Kier molecular flexibility index (Phi) is 7.74. The molecule has 0 spiro atoms. The van der Waals surface area contributed by atoms with Crippen LogP contribution in [0.4, 0.5) is 8.78 Å². The third-order valence-electron chi connectivity index (χ3n) is 5.99. The van der Waals surface area contributed by atoms with E-state index in [-0.39, 0.29) is 31.8 Å². The first kappa shape index (κ1) is 24.8. The number of aromatic nitrogens is 1. The second-order valence-electron chi connectivity index (χ2n) is 8.21. The molecule has 4 aromatic rings. The fraction of sp³-hybridized carbons (Fsp3) is 0.138. The molecule has 0 aliphatic carbocycles. The van der Waals surface area contributed by atoms with Crippen LogP contribution in [0.25, 0.3) is 27.7 Å². The molecule has 1 atom stereocenters. The van der Waals surface area contributed by atoms with Crippen molar-refractivity contribution in [3.63, 3.8) is 0 Å². The zero-order chi connectivity index (χ0) is 23.5. The number of benzene rings is 3. The van der Waals surface area contributed by atoms with Crippen LogP contribution in [-0.2, 0) is 26.5 Å². The van der Waals surface area contributed by atoms with Gasteiger partial charge < -0.3 is 15.2 Å². The van der Waals surface area contributed by atoms with Gasteiger partial charge in [-0.15, -0.1) is 12.1 Å². The predicted molar refractivity (Wildman–Crippen MR) is 130 cm³/mol. The van der Waals surface area contributed by atoms with Gasteiger partial charge >= 0.3 is 20.1 Å². The number of fused-ring (bicyclic) bond motifs is 3. The first-order chi connectivity index (χ1) is 16.6. The van der Waals surface area contributed by atoms with Gasteiger partial charge in [0.15, 0.2) is 0 Å². The molecule has 6 heteroatoms. The first-order valence-electron chi connectivity index (χ1n) is 11.1. The summed E-state index contributed by atoms with van der Waals surface area (Å²) in [5.41, 5.74) is 6.29. The number of rotatable bonds is 2. The molecule has 0 bridgehead atoms. The van der Waals surface area contributed by atoms with Crippen LogP contribution in [0, 0.1) is 30.7 Å². The van der Waals surface area contributed by atoms with Gasteiger partial charge in [-0.3, -0.25) is 8.78 Å². The van der Waals surface area contributed by atoms with Crippen molar-refractivity contribution in [3.8, 4) is 22.4 Å². The number of hydrogen-bond donors (Lipinski definition) is 0. The van der Waals surface area contributed by atoms with Gasteiger partial charge in [0.2, 0.25) is 0 Å². The van der Waals surface area contributed by atoms with Crippen LogP contribution in [0.3, 0.4) is 0 Å². The number of nitrogens with zero attached hydrogens (tertiary/aromatic N) is 3. The summed E-state index contributed by atoms with van der Waals surface area (Å²) in [6.45, 7) is 3.02. The Balaban J connectivity index is 0.000000177. The van der Waals surface area contributed by atoms with Gasteiger partial charge in [0.05, 0.1) is 0 Å². The molecule has 0 saturated carbocycles. The van der Waals surface area contributed by atoms with Crippen molar-refractivity contribution < 1.29 is 28.9 Å². The molecule has 0 N–H and O–H groups in total. The SMILES string of the molecule is Cc1cc(-c2[c-]cc(F)cc2F)ncc1-c1ccccc1.[Ir+3].[c-]1cccc2c1C1[N-]C=CN1CC2. The van der Waals surface area contributed by atoms with E-state index in [1.807, 2.05) is 49.5 Å². The third-order valence-corrected chi connectivity index (χ3v) is 5.99. The van der Waals surface area contributed by atoms with Crippen molar-refractivity contribution >= 4 is 0 Å². The van der Waals surface area contributed by atoms with Crippen LogP contribution in [0.1, 0.15) is 22.9 Å². The van der Waals surface area contributed by atoms with Gasteiger partial charge in [-0.2, -0.15) is 41.6 Å². The Bertz CT molecular complexity index is 1340. The van der Waals surface area contributed by atoms with Crippen molar-refractivity contribution in [2.24, 2.45) is 0 Å². The summed E-state index contributed by atoms with van der Waals surface area (Å²) in [6.07, 6.45) is 6.99. The fourth-order valence-corrected chi connectivity index (χ4v) is 4.26. The van der Waals surface area contributed by atoms with Crippen molar-refractivity contribution in [1.82, 2.24) is 9.88 Å². The van der Waals surface area contributed by atoms with Crippen LogP contribution in [0.2, 0.25) is 0 Å². The molecule has 2 aliphatic rings. The van der Waals surface area contributed by atoms with E-state index < -0.39 is 11.6 Å². The number of halogens is 2. The topological polar surface area (TPSA) is 30.2 Å². The van der Waals surface area contributed by atoms with E-state index >= 15 is 0 Å². The van der Waals surface area contributed by atoms with Gasteiger partial charge in [0.25, 0.3) is 0 Å². The van der Waals surface area contributed by atoms with E-state index in [1.165, 1.54) is 11.1 Å². The van der Waals surface area contributed by atoms with Gasteiger partial charge in [0.1, 0.15) is 0 Å². The molecular formula is C29H22F2IrN3. The molecule has 1 unspecified atom stereocenters. The average Bonchev–Trinajstić information content (AvgIpc) is 3.35. The molecule has 176 valence electrons. The van der Waals surface area contributed by atoms with Gasteiger partial charge in [-0.25, -0.2) is 0 Å². The minimum absolute atomic E-state index is 0. The summed E-state index contributed by atoms with van der Waals surface area (Å²) in [5, 5.41) is 4.41. The molecule has 0 fully saturated rings. The van der Waals surface area contributed by atoms with Gasteiger partial charge in [-0.05, 0) is 36.1 Å². The number of pyridine rings is 1. The number of aryl methyl sites for hydroxylation is 1. The summed E-state index contributed by atoms with van der Waals surface area (Å²) in [4.78, 5) is 6.55. The van der Waals surface area contributed by atoms with Crippen molar-refractivity contribution in [2.45, 2.75) is 19.5 Å². The van der Waals surface area contributed by atoms with Crippen LogP contribution < -0.4 is 0 Å². The number of hydrogen-bond acceptors (Lipinski definition) is 2. The first-order valence-corrected chi connectivity index (χ1v) is 11.1. The Morgan fingerprint density at radius 1 is 1.06 bits per heavy atom. The smallest absolute Gasteiger partial charge is 0.668 e.